The zero-order chi connectivity index (χ0) is 16.7. The van der Waals surface area contributed by atoms with E-state index >= 15 is 0 Å². The third-order valence-electron chi connectivity index (χ3n) is 3.05. The minimum Gasteiger partial charge on any atom is -0.490 e. The van der Waals surface area contributed by atoms with Gasteiger partial charge in [0.2, 0.25) is 5.91 Å². The van der Waals surface area contributed by atoms with E-state index in [9.17, 15) is 4.79 Å². The molecule has 0 aliphatic heterocycles. The first-order chi connectivity index (χ1) is 11.1. The molecule has 122 valence electrons. The molecule has 23 heavy (non-hydrogen) atoms. The number of halogens is 2. The number of nitrogens with one attached hydrogen (secondary N) is 1. The van der Waals surface area contributed by atoms with Crippen molar-refractivity contribution in [2.45, 2.75) is 6.92 Å². The molecule has 0 radical (unpaired) electrons. The average Bonchev–Trinajstić information content (AvgIpc) is 2.52. The summed E-state index contributed by atoms with van der Waals surface area (Å²) in [6.45, 7) is 2.40. The lowest BCUT2D eigenvalue weighted by Gasteiger charge is -2.10. The molecule has 0 aromatic heterocycles. The van der Waals surface area contributed by atoms with Crippen LogP contribution in [0.3, 0.4) is 0 Å². The Labute approximate surface area is 150 Å². The van der Waals surface area contributed by atoms with Crippen molar-refractivity contribution >= 4 is 46.6 Å². The number of thioether (sulfide) groups is 1. The number of carbonyl (C=O) groups is 1. The van der Waals surface area contributed by atoms with Gasteiger partial charge in [0.05, 0.1) is 22.4 Å². The lowest BCUT2D eigenvalue weighted by molar-refractivity contribution is -0.113. The molecule has 0 aliphatic carbocycles. The number of hydrogen-bond donors (Lipinski definition) is 1. The number of aryl methyl sites for hydroxylation is 1. The van der Waals surface area contributed by atoms with E-state index in [1.807, 2.05) is 31.2 Å². The van der Waals surface area contributed by atoms with Gasteiger partial charge in [-0.3, -0.25) is 4.79 Å². The lowest BCUT2D eigenvalue weighted by Crippen LogP contribution is -2.15. The van der Waals surface area contributed by atoms with Gasteiger partial charge >= 0.3 is 0 Å². The highest BCUT2D eigenvalue weighted by Crippen LogP contribution is 2.32. The minimum atomic E-state index is -0.0277. The quantitative estimate of drug-likeness (QED) is 0.693. The van der Waals surface area contributed by atoms with E-state index in [-0.39, 0.29) is 5.91 Å². The van der Waals surface area contributed by atoms with Crippen molar-refractivity contribution in [3.63, 3.8) is 0 Å². The summed E-state index contributed by atoms with van der Waals surface area (Å²) < 4.78 is 5.57. The van der Waals surface area contributed by atoms with E-state index < -0.39 is 0 Å². The van der Waals surface area contributed by atoms with Gasteiger partial charge in [0.1, 0.15) is 0 Å². The van der Waals surface area contributed by atoms with Gasteiger partial charge in [-0.25, -0.2) is 0 Å². The van der Waals surface area contributed by atoms with Crippen LogP contribution in [0.25, 0.3) is 0 Å². The summed E-state index contributed by atoms with van der Waals surface area (Å²) in [4.78, 5) is 11.9. The molecule has 0 atom stereocenters. The van der Waals surface area contributed by atoms with Gasteiger partial charge in [-0.05, 0) is 30.7 Å². The highest BCUT2D eigenvalue weighted by molar-refractivity contribution is 7.99. The molecule has 1 amide bonds. The second kappa shape index (κ2) is 9.06. The Morgan fingerprint density at radius 2 is 1.83 bits per heavy atom. The van der Waals surface area contributed by atoms with E-state index in [2.05, 4.69) is 5.32 Å². The monoisotopic (exact) mass is 369 g/mol. The van der Waals surface area contributed by atoms with Crippen molar-refractivity contribution in [2.75, 3.05) is 23.4 Å². The van der Waals surface area contributed by atoms with Crippen LogP contribution in [-0.2, 0) is 4.79 Å². The highest BCUT2D eigenvalue weighted by atomic mass is 35.5. The predicted molar refractivity (Wildman–Crippen MR) is 99.1 cm³/mol. The summed E-state index contributed by atoms with van der Waals surface area (Å²) in [5.41, 5.74) is 1.89. The maximum absolute atomic E-state index is 11.9. The van der Waals surface area contributed by atoms with Crippen molar-refractivity contribution in [1.82, 2.24) is 0 Å². The van der Waals surface area contributed by atoms with Crippen molar-refractivity contribution in [2.24, 2.45) is 0 Å². The van der Waals surface area contributed by atoms with Gasteiger partial charge in [0.25, 0.3) is 0 Å². The van der Waals surface area contributed by atoms with E-state index in [1.54, 1.807) is 18.2 Å². The smallest absolute Gasteiger partial charge is 0.234 e. The number of anilines is 1. The fraction of sp³-hybridized carbons (Fsp3) is 0.235. The first-order valence-corrected chi connectivity index (χ1v) is 8.99. The molecule has 1 N–H and O–H groups in total. The predicted octanol–water partition coefficient (Wildman–Crippen LogP) is 5.05. The minimum absolute atomic E-state index is 0.0277. The van der Waals surface area contributed by atoms with Gasteiger partial charge in [0.15, 0.2) is 5.75 Å². The Bertz CT molecular complexity index is 659. The molecule has 0 aliphatic rings. The molecule has 0 bridgehead atoms. The van der Waals surface area contributed by atoms with Crippen molar-refractivity contribution in [3.05, 3.63) is 58.1 Å². The van der Waals surface area contributed by atoms with Crippen LogP contribution in [0, 0.1) is 6.92 Å². The van der Waals surface area contributed by atoms with E-state index in [0.717, 1.165) is 11.3 Å². The van der Waals surface area contributed by atoms with E-state index in [1.165, 1.54) is 11.8 Å². The summed E-state index contributed by atoms with van der Waals surface area (Å²) in [6.07, 6.45) is 0. The molecule has 0 saturated heterocycles. The second-order valence-corrected chi connectivity index (χ2v) is 6.73. The molecule has 2 rings (SSSR count). The Balaban J connectivity index is 1.69. The molecule has 2 aromatic rings. The molecular weight excluding hydrogens is 353 g/mol. The number of para-hydroxylation sites is 2. The topological polar surface area (TPSA) is 38.3 Å². The molecule has 6 heteroatoms. The first-order valence-electron chi connectivity index (χ1n) is 7.08. The number of rotatable bonds is 7. The lowest BCUT2D eigenvalue weighted by atomic mass is 10.2. The Morgan fingerprint density at radius 1 is 1.13 bits per heavy atom. The first kappa shape index (κ1) is 18.0. The SMILES string of the molecule is Cc1ccccc1NC(=O)CSCCOc1c(Cl)cccc1Cl. The Hall–Kier alpha value is -1.36. The second-order valence-electron chi connectivity index (χ2n) is 4.81. The van der Waals surface area contributed by atoms with Crippen LogP contribution >= 0.6 is 35.0 Å². The van der Waals surface area contributed by atoms with Crippen LogP contribution in [0.5, 0.6) is 5.75 Å². The zero-order valence-electron chi connectivity index (χ0n) is 12.6. The van der Waals surface area contributed by atoms with Crippen molar-refractivity contribution < 1.29 is 9.53 Å². The third kappa shape index (κ3) is 5.65. The van der Waals surface area contributed by atoms with Crippen molar-refractivity contribution in [1.29, 1.82) is 0 Å². The summed E-state index contributed by atoms with van der Waals surface area (Å²) in [6, 6.07) is 12.9. The van der Waals surface area contributed by atoms with Crippen LogP contribution < -0.4 is 10.1 Å². The number of benzene rings is 2. The molecule has 3 nitrogen and oxygen atoms in total. The fourth-order valence-corrected chi connectivity index (χ4v) is 3.00. The number of carbonyl (C=O) groups excluding carboxylic acids is 1. The number of amides is 1. The summed E-state index contributed by atoms with van der Waals surface area (Å²) in [5, 5.41) is 3.87. The van der Waals surface area contributed by atoms with Gasteiger partial charge in [0, 0.05) is 11.4 Å². The largest absolute Gasteiger partial charge is 0.490 e. The molecule has 0 spiro atoms. The molecule has 0 heterocycles. The average molecular weight is 370 g/mol. The number of ether oxygens (including phenoxy) is 1. The molecule has 0 saturated carbocycles. The normalized spacial score (nSPS) is 10.4. The van der Waals surface area contributed by atoms with Crippen LogP contribution in [0.15, 0.2) is 42.5 Å². The summed E-state index contributed by atoms with van der Waals surface area (Å²) in [7, 11) is 0. The summed E-state index contributed by atoms with van der Waals surface area (Å²) in [5.74, 6) is 1.50. The highest BCUT2D eigenvalue weighted by Gasteiger charge is 2.07. The fourth-order valence-electron chi connectivity index (χ4n) is 1.89. The maximum Gasteiger partial charge on any atom is 0.234 e. The van der Waals surface area contributed by atoms with Gasteiger partial charge in [-0.1, -0.05) is 47.5 Å². The maximum atomic E-state index is 11.9. The van der Waals surface area contributed by atoms with Crippen molar-refractivity contribution in [3.8, 4) is 5.75 Å². The van der Waals surface area contributed by atoms with Crippen LogP contribution in [0.1, 0.15) is 5.56 Å². The van der Waals surface area contributed by atoms with Gasteiger partial charge < -0.3 is 10.1 Å². The Morgan fingerprint density at radius 3 is 2.52 bits per heavy atom. The Kier molecular flexibility index (Phi) is 7.09. The summed E-state index contributed by atoms with van der Waals surface area (Å²) >= 11 is 13.5. The molecule has 0 fully saturated rings. The van der Waals surface area contributed by atoms with Crippen LogP contribution in [0.4, 0.5) is 5.69 Å². The molecule has 2 aromatic carbocycles. The number of hydrogen-bond acceptors (Lipinski definition) is 3. The third-order valence-corrected chi connectivity index (χ3v) is 4.56. The zero-order valence-corrected chi connectivity index (χ0v) is 15.0. The van der Waals surface area contributed by atoms with E-state index in [0.29, 0.717) is 33.9 Å². The van der Waals surface area contributed by atoms with Gasteiger partial charge in [-0.15, -0.1) is 11.8 Å². The van der Waals surface area contributed by atoms with Crippen LogP contribution in [-0.4, -0.2) is 24.0 Å². The molecular formula is C17H17Cl2NO2S. The van der Waals surface area contributed by atoms with Gasteiger partial charge in [-0.2, -0.15) is 0 Å². The van der Waals surface area contributed by atoms with Crippen LogP contribution in [0.2, 0.25) is 10.0 Å². The standard InChI is InChI=1S/C17H17Cl2NO2S/c1-12-5-2-3-8-15(12)20-16(21)11-23-10-9-22-17-13(18)6-4-7-14(17)19/h2-8H,9-11H2,1H3,(H,20,21). The van der Waals surface area contributed by atoms with E-state index in [4.69, 9.17) is 27.9 Å². The molecule has 0 unspecified atom stereocenters.